The first-order valence-corrected chi connectivity index (χ1v) is 8.49. The summed E-state index contributed by atoms with van der Waals surface area (Å²) in [5.41, 5.74) is 2.30. The number of benzene rings is 1. The van der Waals surface area contributed by atoms with Gasteiger partial charge in [-0.05, 0) is 75.7 Å². The van der Waals surface area contributed by atoms with Crippen LogP contribution in [0.2, 0.25) is 0 Å². The van der Waals surface area contributed by atoms with Crippen molar-refractivity contribution >= 4 is 23.0 Å². The summed E-state index contributed by atoms with van der Waals surface area (Å²) in [6, 6.07) is 8.27. The summed E-state index contributed by atoms with van der Waals surface area (Å²) in [5.74, 6) is 0. The topological polar surface area (TPSA) is 27.3 Å². The molecule has 0 bridgehead atoms. The Balaban J connectivity index is 1.60. The van der Waals surface area contributed by atoms with Crippen molar-refractivity contribution < 1.29 is 0 Å². The lowest BCUT2D eigenvalue weighted by molar-refractivity contribution is 0.282. The van der Waals surface area contributed by atoms with Gasteiger partial charge < -0.3 is 15.5 Å². The normalized spacial score (nSPS) is 16.2. The van der Waals surface area contributed by atoms with E-state index >= 15 is 0 Å². The number of rotatable bonds is 5. The van der Waals surface area contributed by atoms with Crippen LogP contribution in [0.1, 0.15) is 37.7 Å². The maximum atomic E-state index is 5.33. The van der Waals surface area contributed by atoms with Crippen molar-refractivity contribution in [3.63, 3.8) is 0 Å². The van der Waals surface area contributed by atoms with Crippen LogP contribution in [-0.4, -0.2) is 36.2 Å². The van der Waals surface area contributed by atoms with Crippen molar-refractivity contribution in [2.45, 2.75) is 39.0 Å². The van der Waals surface area contributed by atoms with Crippen molar-refractivity contribution in [1.82, 2.24) is 10.2 Å². The molecule has 116 valence electrons. The Bertz CT molecular complexity index is 439. The van der Waals surface area contributed by atoms with E-state index in [2.05, 4.69) is 34.6 Å². The van der Waals surface area contributed by atoms with Crippen molar-refractivity contribution in [3.05, 3.63) is 29.8 Å². The van der Waals surface area contributed by atoms with Crippen molar-refractivity contribution in [1.29, 1.82) is 0 Å². The highest BCUT2D eigenvalue weighted by Gasteiger charge is 2.08. The lowest BCUT2D eigenvalue weighted by atomic mass is 10.2. The van der Waals surface area contributed by atoms with E-state index in [1.54, 1.807) is 0 Å². The van der Waals surface area contributed by atoms with Crippen LogP contribution >= 0.6 is 12.2 Å². The molecule has 0 unspecified atom stereocenters. The average molecular weight is 305 g/mol. The van der Waals surface area contributed by atoms with Gasteiger partial charge in [0.15, 0.2) is 5.11 Å². The minimum atomic E-state index is 0.719. The third kappa shape index (κ3) is 6.44. The lowest BCUT2D eigenvalue weighted by Gasteiger charge is -2.19. The molecule has 1 saturated heterocycles. The van der Waals surface area contributed by atoms with Gasteiger partial charge in [-0.25, -0.2) is 0 Å². The van der Waals surface area contributed by atoms with Gasteiger partial charge in [0.25, 0.3) is 0 Å². The van der Waals surface area contributed by atoms with E-state index in [9.17, 15) is 0 Å². The van der Waals surface area contributed by atoms with Crippen LogP contribution in [0.3, 0.4) is 0 Å². The van der Waals surface area contributed by atoms with Crippen LogP contribution in [0.4, 0.5) is 5.69 Å². The number of nitrogens with zero attached hydrogens (tertiary/aromatic N) is 1. The van der Waals surface area contributed by atoms with Gasteiger partial charge in [-0.15, -0.1) is 0 Å². The van der Waals surface area contributed by atoms with Crippen LogP contribution in [0.15, 0.2) is 24.3 Å². The molecule has 1 heterocycles. The second-order valence-corrected chi connectivity index (χ2v) is 6.27. The Hall–Kier alpha value is -1.13. The number of aryl methyl sites for hydroxylation is 1. The molecule has 1 aliphatic rings. The zero-order valence-corrected chi connectivity index (χ0v) is 13.8. The van der Waals surface area contributed by atoms with Crippen LogP contribution in [0, 0.1) is 6.92 Å². The Labute approximate surface area is 134 Å². The zero-order valence-electron chi connectivity index (χ0n) is 13.0. The smallest absolute Gasteiger partial charge is 0.170 e. The lowest BCUT2D eigenvalue weighted by Crippen LogP contribution is -2.32. The first kappa shape index (κ1) is 16.2. The summed E-state index contributed by atoms with van der Waals surface area (Å²) < 4.78 is 0. The van der Waals surface area contributed by atoms with Gasteiger partial charge in [-0.3, -0.25) is 0 Å². The van der Waals surface area contributed by atoms with Crippen molar-refractivity contribution in [2.75, 3.05) is 31.5 Å². The fraction of sp³-hybridized carbons (Fsp3) is 0.588. The molecule has 21 heavy (non-hydrogen) atoms. The maximum Gasteiger partial charge on any atom is 0.170 e. The van der Waals surface area contributed by atoms with E-state index < -0.39 is 0 Å². The maximum absolute atomic E-state index is 5.33. The van der Waals surface area contributed by atoms with E-state index in [0.717, 1.165) is 23.8 Å². The van der Waals surface area contributed by atoms with Crippen LogP contribution < -0.4 is 10.6 Å². The van der Waals surface area contributed by atoms with Crippen molar-refractivity contribution in [2.24, 2.45) is 0 Å². The zero-order chi connectivity index (χ0) is 14.9. The highest BCUT2D eigenvalue weighted by atomic mass is 32.1. The largest absolute Gasteiger partial charge is 0.362 e. The second kappa shape index (κ2) is 9.00. The van der Waals surface area contributed by atoms with Crippen LogP contribution in [-0.2, 0) is 0 Å². The standard InChI is InChI=1S/C17H27N3S/c1-15-8-6-9-16(14-15)19-17(21)18-10-7-13-20-11-4-2-3-5-12-20/h6,8-9,14H,2-5,7,10-13H2,1H3,(H2,18,19,21). The van der Waals surface area contributed by atoms with E-state index in [0.29, 0.717) is 0 Å². The quantitative estimate of drug-likeness (QED) is 0.643. The number of thiocarbonyl (C=S) groups is 1. The van der Waals surface area contributed by atoms with Crippen LogP contribution in [0.5, 0.6) is 0 Å². The SMILES string of the molecule is Cc1cccc(NC(=S)NCCCN2CCCCCC2)c1. The van der Waals surface area contributed by atoms with Crippen molar-refractivity contribution in [3.8, 4) is 0 Å². The fourth-order valence-corrected chi connectivity index (χ4v) is 2.98. The Morgan fingerprint density at radius 2 is 1.95 bits per heavy atom. The Kier molecular flexibility index (Phi) is 6.96. The molecule has 0 amide bonds. The minimum absolute atomic E-state index is 0.719. The van der Waals surface area contributed by atoms with E-state index in [-0.39, 0.29) is 0 Å². The molecule has 2 N–H and O–H groups in total. The number of hydrogen-bond donors (Lipinski definition) is 2. The summed E-state index contributed by atoms with van der Waals surface area (Å²) in [7, 11) is 0. The molecule has 4 heteroatoms. The molecule has 0 spiro atoms. The molecule has 3 nitrogen and oxygen atoms in total. The molecule has 1 aromatic carbocycles. The first-order valence-electron chi connectivity index (χ1n) is 8.08. The van der Waals surface area contributed by atoms with Gasteiger partial charge in [0.1, 0.15) is 0 Å². The molecule has 0 radical (unpaired) electrons. The van der Waals surface area contributed by atoms with E-state index in [1.165, 1.54) is 50.9 Å². The molecule has 0 saturated carbocycles. The van der Waals surface area contributed by atoms with Gasteiger partial charge in [0.05, 0.1) is 0 Å². The predicted octanol–water partition coefficient (Wildman–Crippen LogP) is 3.55. The first-order chi connectivity index (χ1) is 10.2. The summed E-state index contributed by atoms with van der Waals surface area (Å²) >= 11 is 5.33. The monoisotopic (exact) mass is 305 g/mol. The highest BCUT2D eigenvalue weighted by Crippen LogP contribution is 2.10. The molecular formula is C17H27N3S. The summed E-state index contributed by atoms with van der Waals surface area (Å²) in [6.07, 6.45) is 6.68. The molecule has 1 aromatic rings. The van der Waals surface area contributed by atoms with Gasteiger partial charge in [0, 0.05) is 12.2 Å². The Morgan fingerprint density at radius 1 is 1.19 bits per heavy atom. The molecule has 2 rings (SSSR count). The second-order valence-electron chi connectivity index (χ2n) is 5.86. The molecular weight excluding hydrogens is 278 g/mol. The minimum Gasteiger partial charge on any atom is -0.362 e. The molecule has 0 aliphatic carbocycles. The van der Waals surface area contributed by atoms with Gasteiger partial charge >= 0.3 is 0 Å². The molecule has 1 fully saturated rings. The summed E-state index contributed by atoms with van der Waals surface area (Å²) in [5, 5.41) is 7.26. The van der Waals surface area contributed by atoms with Gasteiger partial charge in [0.2, 0.25) is 0 Å². The Morgan fingerprint density at radius 3 is 2.67 bits per heavy atom. The summed E-state index contributed by atoms with van der Waals surface area (Å²) in [6.45, 7) is 6.75. The average Bonchev–Trinajstić information content (AvgIpc) is 2.72. The van der Waals surface area contributed by atoms with E-state index in [4.69, 9.17) is 12.2 Å². The van der Waals surface area contributed by atoms with Crippen LogP contribution in [0.25, 0.3) is 0 Å². The number of nitrogens with one attached hydrogen (secondary N) is 2. The van der Waals surface area contributed by atoms with Gasteiger partial charge in [-0.2, -0.15) is 0 Å². The molecule has 0 aromatic heterocycles. The summed E-state index contributed by atoms with van der Waals surface area (Å²) in [4.78, 5) is 2.59. The molecule has 1 aliphatic heterocycles. The third-order valence-electron chi connectivity index (χ3n) is 3.91. The number of likely N-dealkylation sites (tertiary alicyclic amines) is 1. The van der Waals surface area contributed by atoms with E-state index in [1.807, 2.05) is 12.1 Å². The highest BCUT2D eigenvalue weighted by molar-refractivity contribution is 7.80. The third-order valence-corrected chi connectivity index (χ3v) is 4.16. The predicted molar refractivity (Wildman–Crippen MR) is 94.9 cm³/mol. The van der Waals surface area contributed by atoms with Gasteiger partial charge in [-0.1, -0.05) is 25.0 Å². The molecule has 0 atom stereocenters. The fourth-order valence-electron chi connectivity index (χ4n) is 2.76. The number of hydrogen-bond acceptors (Lipinski definition) is 2. The number of anilines is 1.